The molecule has 2 bridgehead atoms. The highest BCUT2D eigenvalue weighted by molar-refractivity contribution is 5.66. The van der Waals surface area contributed by atoms with Crippen molar-refractivity contribution in [3.8, 4) is 0 Å². The maximum Gasteiger partial charge on any atom is 0.302 e. The van der Waals surface area contributed by atoms with Crippen molar-refractivity contribution in [1.82, 2.24) is 0 Å². The van der Waals surface area contributed by atoms with E-state index in [0.717, 1.165) is 51.4 Å². The lowest BCUT2D eigenvalue weighted by atomic mass is 9.43. The zero-order valence-electron chi connectivity index (χ0n) is 16.0. The number of ether oxygens (including phenoxy) is 1. The van der Waals surface area contributed by atoms with Crippen LogP contribution in [0.4, 0.5) is 0 Å². The largest absolute Gasteiger partial charge is 0.463 e. The zero-order chi connectivity index (χ0) is 18.1. The molecule has 7 atom stereocenters. The van der Waals surface area contributed by atoms with Gasteiger partial charge in [-0.1, -0.05) is 13.3 Å². The van der Waals surface area contributed by atoms with Crippen LogP contribution in [0.5, 0.6) is 0 Å². The second-order valence-electron chi connectivity index (χ2n) is 10.3. The molecule has 4 rings (SSSR count). The van der Waals surface area contributed by atoms with Crippen LogP contribution in [0, 0.1) is 28.6 Å². The fraction of sp³-hybridized carbons (Fsp3) is 0.952. The first-order valence-electron chi connectivity index (χ1n) is 10.2. The molecule has 0 aromatic rings. The number of aliphatic hydroxyl groups is 2. The zero-order valence-corrected chi connectivity index (χ0v) is 16.0. The van der Waals surface area contributed by atoms with Crippen molar-refractivity contribution < 1.29 is 19.7 Å². The Morgan fingerprint density at radius 3 is 2.56 bits per heavy atom. The van der Waals surface area contributed by atoms with Gasteiger partial charge >= 0.3 is 5.97 Å². The molecule has 0 amide bonds. The molecule has 0 aliphatic heterocycles. The van der Waals surface area contributed by atoms with Crippen LogP contribution in [0.15, 0.2) is 0 Å². The molecule has 1 spiro atoms. The maximum atomic E-state index is 11.3. The Bertz CT molecular complexity index is 572. The SMILES string of the molecule is CC(=O)OC[C@]1(O)C[C@]23CC[C@@H]4[C@](C)(CCC[C@]4(C)O)[C@H]2CC[C@H]1C3. The van der Waals surface area contributed by atoms with E-state index in [1.807, 2.05) is 6.92 Å². The van der Waals surface area contributed by atoms with Gasteiger partial charge in [-0.25, -0.2) is 0 Å². The third-order valence-corrected chi connectivity index (χ3v) is 8.81. The normalized spacial score (nSPS) is 54.5. The van der Waals surface area contributed by atoms with E-state index in [2.05, 4.69) is 6.92 Å². The second kappa shape index (κ2) is 5.45. The van der Waals surface area contributed by atoms with E-state index in [0.29, 0.717) is 11.8 Å². The Hall–Kier alpha value is -0.610. The van der Waals surface area contributed by atoms with Crippen LogP contribution >= 0.6 is 0 Å². The van der Waals surface area contributed by atoms with Gasteiger partial charge in [0.15, 0.2) is 0 Å². The smallest absolute Gasteiger partial charge is 0.302 e. The molecule has 0 heterocycles. The van der Waals surface area contributed by atoms with Gasteiger partial charge in [0.05, 0.1) is 5.60 Å². The first-order valence-corrected chi connectivity index (χ1v) is 10.2. The highest BCUT2D eigenvalue weighted by atomic mass is 16.5. The Morgan fingerprint density at radius 2 is 1.84 bits per heavy atom. The first kappa shape index (κ1) is 17.8. The predicted molar refractivity (Wildman–Crippen MR) is 94.8 cm³/mol. The molecule has 4 aliphatic rings. The Labute approximate surface area is 151 Å². The molecule has 2 N–H and O–H groups in total. The van der Waals surface area contributed by atoms with Gasteiger partial charge in [-0.15, -0.1) is 0 Å². The van der Waals surface area contributed by atoms with Crippen molar-refractivity contribution in [3.05, 3.63) is 0 Å². The molecular formula is C21H34O4. The minimum absolute atomic E-state index is 0.152. The molecule has 25 heavy (non-hydrogen) atoms. The van der Waals surface area contributed by atoms with Crippen LogP contribution in [0.25, 0.3) is 0 Å². The van der Waals surface area contributed by atoms with Crippen molar-refractivity contribution in [1.29, 1.82) is 0 Å². The summed E-state index contributed by atoms with van der Waals surface area (Å²) in [7, 11) is 0. The number of fused-ring (bicyclic) bond motifs is 3. The summed E-state index contributed by atoms with van der Waals surface area (Å²) in [5.74, 6) is 0.909. The molecular weight excluding hydrogens is 316 g/mol. The molecule has 0 saturated heterocycles. The molecule has 4 nitrogen and oxygen atoms in total. The highest BCUT2D eigenvalue weighted by Gasteiger charge is 2.67. The molecule has 4 heteroatoms. The van der Waals surface area contributed by atoms with Crippen LogP contribution in [-0.2, 0) is 9.53 Å². The summed E-state index contributed by atoms with van der Waals surface area (Å²) in [5.41, 5.74) is -1.03. The summed E-state index contributed by atoms with van der Waals surface area (Å²) in [6.45, 7) is 6.03. The Kier molecular flexibility index (Phi) is 3.88. The minimum Gasteiger partial charge on any atom is -0.463 e. The summed E-state index contributed by atoms with van der Waals surface area (Å²) < 4.78 is 5.25. The fourth-order valence-corrected chi connectivity index (χ4v) is 7.98. The molecule has 0 aromatic carbocycles. The van der Waals surface area contributed by atoms with Gasteiger partial charge in [0.1, 0.15) is 12.2 Å². The third-order valence-electron chi connectivity index (χ3n) is 8.81. The average molecular weight is 350 g/mol. The van der Waals surface area contributed by atoms with Crippen molar-refractivity contribution >= 4 is 5.97 Å². The van der Waals surface area contributed by atoms with Gasteiger partial charge in [0.25, 0.3) is 0 Å². The van der Waals surface area contributed by atoms with Crippen molar-refractivity contribution in [3.63, 3.8) is 0 Å². The van der Waals surface area contributed by atoms with Gasteiger partial charge in [-0.05, 0) is 86.9 Å². The summed E-state index contributed by atoms with van der Waals surface area (Å²) >= 11 is 0. The van der Waals surface area contributed by atoms with Crippen LogP contribution in [-0.4, -0.2) is 34.0 Å². The van der Waals surface area contributed by atoms with Crippen molar-refractivity contribution in [2.45, 2.75) is 89.8 Å². The van der Waals surface area contributed by atoms with Gasteiger partial charge in [0, 0.05) is 6.92 Å². The van der Waals surface area contributed by atoms with Gasteiger partial charge < -0.3 is 14.9 Å². The average Bonchev–Trinajstić information content (AvgIpc) is 2.71. The minimum atomic E-state index is -0.846. The Morgan fingerprint density at radius 1 is 1.08 bits per heavy atom. The van der Waals surface area contributed by atoms with Crippen LogP contribution in [0.3, 0.4) is 0 Å². The number of esters is 1. The topological polar surface area (TPSA) is 66.8 Å². The number of hydrogen-bond acceptors (Lipinski definition) is 4. The number of hydrogen-bond donors (Lipinski definition) is 2. The maximum absolute atomic E-state index is 11.3. The fourth-order valence-electron chi connectivity index (χ4n) is 7.98. The van der Waals surface area contributed by atoms with E-state index >= 15 is 0 Å². The number of carbonyl (C=O) groups is 1. The van der Waals surface area contributed by atoms with Gasteiger partial charge in [-0.3, -0.25) is 4.79 Å². The number of carbonyl (C=O) groups excluding carboxylic acids is 1. The second-order valence-corrected chi connectivity index (χ2v) is 10.3. The lowest BCUT2D eigenvalue weighted by Crippen LogP contribution is -2.58. The van der Waals surface area contributed by atoms with Crippen molar-refractivity contribution in [2.75, 3.05) is 6.61 Å². The summed E-state index contributed by atoms with van der Waals surface area (Å²) in [6, 6.07) is 0. The summed E-state index contributed by atoms with van der Waals surface area (Å²) in [5, 5.41) is 22.3. The van der Waals surface area contributed by atoms with E-state index in [4.69, 9.17) is 4.74 Å². The molecule has 0 aromatic heterocycles. The van der Waals surface area contributed by atoms with E-state index < -0.39 is 11.2 Å². The summed E-state index contributed by atoms with van der Waals surface area (Å²) in [4.78, 5) is 11.3. The van der Waals surface area contributed by atoms with Crippen LogP contribution in [0.2, 0.25) is 0 Å². The van der Waals surface area contributed by atoms with Gasteiger partial charge in [-0.2, -0.15) is 0 Å². The van der Waals surface area contributed by atoms with Crippen LogP contribution < -0.4 is 0 Å². The van der Waals surface area contributed by atoms with E-state index in [-0.39, 0.29) is 29.3 Å². The lowest BCUT2D eigenvalue weighted by molar-refractivity contribution is -0.181. The summed E-state index contributed by atoms with van der Waals surface area (Å²) in [6.07, 6.45) is 9.41. The molecule has 142 valence electrons. The quantitative estimate of drug-likeness (QED) is 0.749. The lowest BCUT2D eigenvalue weighted by Gasteiger charge is -2.63. The van der Waals surface area contributed by atoms with Crippen molar-refractivity contribution in [2.24, 2.45) is 28.6 Å². The monoisotopic (exact) mass is 350 g/mol. The first-order chi connectivity index (χ1) is 11.6. The van der Waals surface area contributed by atoms with E-state index in [1.54, 1.807) is 0 Å². The van der Waals surface area contributed by atoms with E-state index in [1.165, 1.54) is 13.3 Å². The number of rotatable bonds is 2. The Balaban J connectivity index is 1.63. The van der Waals surface area contributed by atoms with Crippen LogP contribution in [0.1, 0.15) is 78.6 Å². The molecule has 4 fully saturated rings. The predicted octanol–water partition coefficient (Wildman–Crippen LogP) is 3.44. The van der Waals surface area contributed by atoms with Gasteiger partial charge in [0.2, 0.25) is 0 Å². The standard InChI is InChI=1S/C21H34O4/c1-14(22)25-13-21(24)12-20-10-7-16-18(2,8-4-9-19(16,3)23)17(20)6-5-15(21)11-20/h15-17,23-24H,4-13H2,1-3H3/t15-,16+,17+,18-,19-,20+,21+/m0/s1. The molecule has 4 aliphatic carbocycles. The van der Waals surface area contributed by atoms with E-state index in [9.17, 15) is 15.0 Å². The molecule has 0 unspecified atom stereocenters. The highest BCUT2D eigenvalue weighted by Crippen LogP contribution is 2.71. The third kappa shape index (κ3) is 2.50. The molecule has 0 radical (unpaired) electrons. The molecule has 4 saturated carbocycles.